The van der Waals surface area contributed by atoms with Crippen molar-refractivity contribution in [3.8, 4) is 0 Å². The Morgan fingerprint density at radius 3 is 1.55 bits per heavy atom. The van der Waals surface area contributed by atoms with Gasteiger partial charge in [-0.15, -0.1) is 0 Å². The Kier molecular flexibility index (Phi) is 6.38. The van der Waals surface area contributed by atoms with E-state index in [2.05, 4.69) is 135 Å². The second-order valence-electron chi connectivity index (χ2n) is 11.0. The molecule has 33 heavy (non-hydrogen) atoms. The second kappa shape index (κ2) is 8.69. The Morgan fingerprint density at radius 1 is 0.606 bits per heavy atom. The van der Waals surface area contributed by atoms with Crippen molar-refractivity contribution < 1.29 is 16.6 Å². The summed E-state index contributed by atoms with van der Waals surface area (Å²) in [6.45, 7) is 12.1. The van der Waals surface area contributed by atoms with Crippen molar-refractivity contribution in [3.05, 3.63) is 111 Å². The van der Waals surface area contributed by atoms with Crippen molar-refractivity contribution in [2.24, 2.45) is 0 Å². The van der Waals surface area contributed by atoms with Gasteiger partial charge >= 0.3 is 207 Å². The first-order valence-electron chi connectivity index (χ1n) is 12.1. The predicted octanol–water partition coefficient (Wildman–Crippen LogP) is 7.15. The molecule has 3 aromatic rings. The van der Waals surface area contributed by atoms with E-state index in [1.54, 1.807) is 15.0 Å². The van der Waals surface area contributed by atoms with Crippen LogP contribution in [0.1, 0.15) is 33.3 Å². The van der Waals surface area contributed by atoms with Crippen molar-refractivity contribution in [3.63, 3.8) is 0 Å². The summed E-state index contributed by atoms with van der Waals surface area (Å²) < 4.78 is 1.79. The molecule has 0 aromatic heterocycles. The van der Waals surface area contributed by atoms with Crippen LogP contribution in [0.5, 0.6) is 0 Å². The summed E-state index contributed by atoms with van der Waals surface area (Å²) in [5.74, 6) is 0. The van der Waals surface area contributed by atoms with Gasteiger partial charge in [0, 0.05) is 0 Å². The molecule has 0 amide bonds. The molecule has 1 aliphatic rings. The molecule has 0 saturated heterocycles. The van der Waals surface area contributed by atoms with Gasteiger partial charge in [0.05, 0.1) is 0 Å². The number of allylic oxidation sites excluding steroid dienone is 4. The summed E-state index contributed by atoms with van der Waals surface area (Å²) in [7, 11) is -2.53. The monoisotopic (exact) mass is 486 g/mol. The van der Waals surface area contributed by atoms with Crippen LogP contribution in [0.25, 0.3) is 0 Å². The van der Waals surface area contributed by atoms with E-state index in [1.165, 1.54) is 26.7 Å². The average Bonchev–Trinajstić information content (AvgIpc) is 2.96. The van der Waals surface area contributed by atoms with Crippen LogP contribution >= 0.6 is 0 Å². The minimum atomic E-state index is -2.53. The standard InChI is InChI=1S/C28H29Si.3CH3.Ti/c1-21-13-12-18-27(19-21)29(25-14-8-6-9-15-25,26-16-10-7-11-17-26)28(5)20-22(2)23(3)24(28)4;;;;/h6-19H,1-5H3;3*1H3;. The van der Waals surface area contributed by atoms with Gasteiger partial charge in [-0.2, -0.15) is 0 Å². The van der Waals surface area contributed by atoms with E-state index in [0.29, 0.717) is 0 Å². The van der Waals surface area contributed by atoms with Gasteiger partial charge in [-0.25, -0.2) is 0 Å². The number of hydrogen-bond acceptors (Lipinski definition) is 0. The fourth-order valence-corrected chi connectivity index (χ4v) is 20.1. The molecule has 4 rings (SSSR count). The van der Waals surface area contributed by atoms with E-state index in [9.17, 15) is 0 Å². The molecular formula is C31H38SiTi. The van der Waals surface area contributed by atoms with Gasteiger partial charge in [0.25, 0.3) is 0 Å². The van der Waals surface area contributed by atoms with Gasteiger partial charge in [0.2, 0.25) is 0 Å². The van der Waals surface area contributed by atoms with Gasteiger partial charge in [-0.1, -0.05) is 0 Å². The van der Waals surface area contributed by atoms with Crippen LogP contribution in [-0.2, 0) is 16.6 Å². The number of aryl methyl sites for hydroxylation is 1. The van der Waals surface area contributed by atoms with Crippen LogP contribution in [-0.4, -0.2) is 8.07 Å². The van der Waals surface area contributed by atoms with E-state index in [0.717, 1.165) is 0 Å². The molecule has 3 aromatic carbocycles. The minimum absolute atomic E-state index is 0.00405. The SMILES string of the molecule is CC1=C(C)C(C)([Si](c2ccccc2)(c2ccccc2)c2cccc(C)c2)[C]([Ti]([CH3])([CH3])[CH3])=C1C. The molecule has 0 radical (unpaired) electrons. The van der Waals surface area contributed by atoms with Crippen molar-refractivity contribution in [2.45, 2.75) is 55.3 Å². The van der Waals surface area contributed by atoms with Crippen molar-refractivity contribution in [2.75, 3.05) is 0 Å². The topological polar surface area (TPSA) is 0 Å². The van der Waals surface area contributed by atoms with E-state index in [4.69, 9.17) is 0 Å². The second-order valence-corrected chi connectivity index (χ2v) is 23.0. The first-order chi connectivity index (χ1) is 15.6. The normalized spacial score (nSPS) is 19.4. The predicted molar refractivity (Wildman–Crippen MR) is 146 cm³/mol. The van der Waals surface area contributed by atoms with Crippen LogP contribution in [0.2, 0.25) is 20.7 Å². The number of hydrogen-bond donors (Lipinski definition) is 0. The van der Waals surface area contributed by atoms with Gasteiger partial charge in [0.1, 0.15) is 0 Å². The molecule has 0 nitrogen and oxygen atoms in total. The molecule has 1 aliphatic carbocycles. The van der Waals surface area contributed by atoms with Gasteiger partial charge in [0.15, 0.2) is 0 Å². The van der Waals surface area contributed by atoms with Crippen LogP contribution < -0.4 is 15.6 Å². The van der Waals surface area contributed by atoms with Crippen LogP contribution in [0.4, 0.5) is 0 Å². The first-order valence-corrected chi connectivity index (χ1v) is 19.6. The maximum atomic E-state index is 2.61. The van der Waals surface area contributed by atoms with Gasteiger partial charge < -0.3 is 0 Å². The third kappa shape index (κ3) is 3.61. The fourth-order valence-electron chi connectivity index (χ4n) is 6.81. The summed E-state index contributed by atoms with van der Waals surface area (Å²) in [4.78, 5) is 0. The number of benzene rings is 3. The van der Waals surface area contributed by atoms with Gasteiger partial charge in [-0.3, -0.25) is 0 Å². The van der Waals surface area contributed by atoms with Crippen molar-refractivity contribution in [1.29, 1.82) is 0 Å². The fraction of sp³-hybridized carbons (Fsp3) is 0.290. The zero-order valence-corrected chi connectivity index (χ0v) is 24.1. The molecule has 0 spiro atoms. The molecule has 0 fully saturated rings. The Labute approximate surface area is 205 Å². The van der Waals surface area contributed by atoms with Crippen molar-refractivity contribution >= 4 is 23.6 Å². The average molecular weight is 487 g/mol. The third-order valence-corrected chi connectivity index (χ3v) is 17.9. The van der Waals surface area contributed by atoms with E-state index < -0.39 is 24.7 Å². The van der Waals surface area contributed by atoms with E-state index >= 15 is 0 Å². The third-order valence-electron chi connectivity index (χ3n) is 8.11. The molecule has 1 unspecified atom stereocenters. The maximum absolute atomic E-state index is 2.61. The van der Waals surface area contributed by atoms with Crippen LogP contribution in [0, 0.1) is 6.92 Å². The van der Waals surface area contributed by atoms with E-state index in [1.807, 2.05) is 0 Å². The van der Waals surface area contributed by atoms with Gasteiger partial charge in [-0.05, 0) is 0 Å². The molecule has 0 bridgehead atoms. The summed E-state index contributed by atoms with van der Waals surface area (Å²) >= 11 is -2.26. The summed E-state index contributed by atoms with van der Waals surface area (Å²) in [6.07, 6.45) is 0. The summed E-state index contributed by atoms with van der Waals surface area (Å²) in [6, 6.07) is 32.4. The molecule has 170 valence electrons. The molecule has 0 N–H and O–H groups in total. The Morgan fingerprint density at radius 2 is 1.09 bits per heavy atom. The first kappa shape index (κ1) is 24.2. The summed E-state index contributed by atoms with van der Waals surface area (Å²) in [5.41, 5.74) is 6.01. The zero-order chi connectivity index (χ0) is 24.0. The molecular weight excluding hydrogens is 448 g/mol. The number of rotatable bonds is 5. The van der Waals surface area contributed by atoms with Crippen molar-refractivity contribution in [1.82, 2.24) is 0 Å². The molecule has 0 saturated carbocycles. The molecule has 1 atom stereocenters. The molecule has 0 aliphatic heterocycles. The quantitative estimate of drug-likeness (QED) is 0.265. The molecule has 2 heteroatoms. The van der Waals surface area contributed by atoms with Crippen LogP contribution in [0.3, 0.4) is 0 Å². The zero-order valence-electron chi connectivity index (χ0n) is 21.6. The molecule has 0 heterocycles. The van der Waals surface area contributed by atoms with Crippen LogP contribution in [0.15, 0.2) is 106 Å². The Bertz CT molecular complexity index is 1190. The van der Waals surface area contributed by atoms with E-state index in [-0.39, 0.29) is 5.04 Å². The Balaban J connectivity index is 2.28. The Hall–Kier alpha value is -1.93. The summed E-state index contributed by atoms with van der Waals surface area (Å²) in [5, 5.41) is 12.3.